The predicted octanol–water partition coefficient (Wildman–Crippen LogP) is 5.19. The lowest BCUT2D eigenvalue weighted by Crippen LogP contribution is -2.09. The van der Waals surface area contributed by atoms with Crippen molar-refractivity contribution in [3.8, 4) is 11.1 Å². The third-order valence-electron chi connectivity index (χ3n) is 3.75. The van der Waals surface area contributed by atoms with Crippen LogP contribution < -0.4 is 5.32 Å². The van der Waals surface area contributed by atoms with E-state index < -0.39 is 11.8 Å². The monoisotopic (exact) mass is 327 g/mol. The van der Waals surface area contributed by atoms with E-state index in [1.165, 1.54) is 0 Å². The molecule has 0 aliphatic rings. The number of anilines is 1. The van der Waals surface area contributed by atoms with Gasteiger partial charge in [0.15, 0.2) is 0 Å². The lowest BCUT2D eigenvalue weighted by atomic mass is 9.94. The molecular weight excluding hydrogens is 305 g/mol. The third kappa shape index (κ3) is 4.22. The van der Waals surface area contributed by atoms with E-state index in [2.05, 4.69) is 19.2 Å². The van der Waals surface area contributed by atoms with Crippen molar-refractivity contribution in [2.75, 3.05) is 5.32 Å². The van der Waals surface area contributed by atoms with Crippen LogP contribution in [0.5, 0.6) is 0 Å². The smallest absolute Gasteiger partial charge is 0.364 e. The Labute approximate surface area is 141 Å². The Balaban J connectivity index is 2.37. The van der Waals surface area contributed by atoms with Crippen LogP contribution in [0.4, 0.5) is 10.1 Å². The van der Waals surface area contributed by atoms with Crippen molar-refractivity contribution in [2.24, 2.45) is 0 Å². The summed E-state index contributed by atoms with van der Waals surface area (Å²) in [5, 5.41) is 12.0. The van der Waals surface area contributed by atoms with Crippen LogP contribution in [-0.4, -0.2) is 17.1 Å². The van der Waals surface area contributed by atoms with E-state index in [9.17, 15) is 9.18 Å². The molecule has 0 aliphatic heterocycles. The number of carboxylic acids is 1. The van der Waals surface area contributed by atoms with Crippen LogP contribution in [-0.2, 0) is 4.79 Å². The summed E-state index contributed by atoms with van der Waals surface area (Å²) in [4.78, 5) is 10.6. The van der Waals surface area contributed by atoms with E-state index >= 15 is 0 Å². The van der Waals surface area contributed by atoms with Crippen LogP contribution in [0.1, 0.15) is 30.5 Å². The van der Waals surface area contributed by atoms with Gasteiger partial charge in [0, 0.05) is 11.7 Å². The van der Waals surface area contributed by atoms with Gasteiger partial charge in [0.1, 0.15) is 0 Å². The molecule has 2 rings (SSSR count). The second kappa shape index (κ2) is 7.30. The average molecular weight is 327 g/mol. The normalized spacial score (nSPS) is 11.7. The van der Waals surface area contributed by atoms with Crippen molar-refractivity contribution in [2.45, 2.75) is 33.7 Å². The van der Waals surface area contributed by atoms with Crippen molar-refractivity contribution in [3.05, 3.63) is 58.9 Å². The maximum atomic E-state index is 13.3. The van der Waals surface area contributed by atoms with E-state index in [-0.39, 0.29) is 0 Å². The van der Waals surface area contributed by atoms with Gasteiger partial charge in [-0.25, -0.2) is 4.79 Å². The van der Waals surface area contributed by atoms with E-state index in [1.54, 1.807) is 0 Å². The summed E-state index contributed by atoms with van der Waals surface area (Å²) in [6, 6.07) is 12.3. The van der Waals surface area contributed by atoms with Gasteiger partial charge in [-0.3, -0.25) is 0 Å². The number of hydrogen-bond donors (Lipinski definition) is 2. The highest BCUT2D eigenvalue weighted by atomic mass is 19.1. The molecule has 0 unspecified atom stereocenters. The van der Waals surface area contributed by atoms with Gasteiger partial charge in [-0.15, -0.1) is 0 Å². The molecule has 0 spiro atoms. The minimum atomic E-state index is -1.55. The number of hydrogen-bond acceptors (Lipinski definition) is 2. The van der Waals surface area contributed by atoms with Gasteiger partial charge in [-0.05, 0) is 73.7 Å². The van der Waals surface area contributed by atoms with E-state index in [4.69, 9.17) is 5.11 Å². The highest BCUT2D eigenvalue weighted by molar-refractivity contribution is 5.90. The van der Waals surface area contributed by atoms with Crippen LogP contribution in [0.25, 0.3) is 17.2 Å². The number of aryl methyl sites for hydroxylation is 2. The number of nitrogens with one attached hydrogen (secondary N) is 1. The predicted molar refractivity (Wildman–Crippen MR) is 96.8 cm³/mol. The van der Waals surface area contributed by atoms with Crippen LogP contribution in [0.3, 0.4) is 0 Å². The summed E-state index contributed by atoms with van der Waals surface area (Å²) in [7, 11) is 0. The summed E-state index contributed by atoms with van der Waals surface area (Å²) in [5.74, 6) is -2.71. The molecule has 0 bridgehead atoms. The van der Waals surface area contributed by atoms with Crippen molar-refractivity contribution >= 4 is 17.7 Å². The zero-order chi connectivity index (χ0) is 17.9. The first kappa shape index (κ1) is 17.7. The molecule has 4 heteroatoms. The highest BCUT2D eigenvalue weighted by Crippen LogP contribution is 2.29. The largest absolute Gasteiger partial charge is 0.476 e. The summed E-state index contributed by atoms with van der Waals surface area (Å²) in [6.07, 6.45) is 1.06. The minimum Gasteiger partial charge on any atom is -0.476 e. The van der Waals surface area contributed by atoms with Gasteiger partial charge in [0.05, 0.1) is 0 Å². The van der Waals surface area contributed by atoms with Gasteiger partial charge in [-0.2, -0.15) is 4.39 Å². The standard InChI is InChI=1S/C20H22FNO2/c1-12(2)22-17-7-5-15(6-8-17)18-10-13(3)16(9-14(18)4)11-19(21)20(23)24/h5-12,22H,1-4H3,(H,23,24). The quantitative estimate of drug-likeness (QED) is 0.743. The van der Waals surface area contributed by atoms with Gasteiger partial charge in [0.2, 0.25) is 5.83 Å². The second-order valence-corrected chi connectivity index (χ2v) is 6.20. The first-order valence-corrected chi connectivity index (χ1v) is 7.86. The zero-order valence-corrected chi connectivity index (χ0v) is 14.4. The van der Waals surface area contributed by atoms with Gasteiger partial charge in [0.25, 0.3) is 0 Å². The summed E-state index contributed by atoms with van der Waals surface area (Å²) in [5.41, 5.74) is 5.56. The highest BCUT2D eigenvalue weighted by Gasteiger charge is 2.10. The number of aliphatic carboxylic acids is 1. The number of carbonyl (C=O) groups is 1. The Hall–Kier alpha value is -2.62. The molecule has 0 aliphatic carbocycles. The number of carboxylic acid groups (broad SMARTS) is 1. The summed E-state index contributed by atoms with van der Waals surface area (Å²) >= 11 is 0. The molecule has 0 amide bonds. The minimum absolute atomic E-state index is 0.370. The Morgan fingerprint density at radius 3 is 2.29 bits per heavy atom. The van der Waals surface area contributed by atoms with Crippen molar-refractivity contribution in [3.63, 3.8) is 0 Å². The summed E-state index contributed by atoms with van der Waals surface area (Å²) < 4.78 is 13.3. The molecule has 2 aromatic rings. The van der Waals surface area contributed by atoms with Crippen molar-refractivity contribution < 1.29 is 14.3 Å². The third-order valence-corrected chi connectivity index (χ3v) is 3.75. The van der Waals surface area contributed by atoms with Crippen LogP contribution in [0, 0.1) is 13.8 Å². The Morgan fingerprint density at radius 1 is 1.12 bits per heavy atom. The second-order valence-electron chi connectivity index (χ2n) is 6.20. The fraction of sp³-hybridized carbons (Fsp3) is 0.250. The molecule has 0 saturated heterocycles. The molecule has 24 heavy (non-hydrogen) atoms. The van der Waals surface area contributed by atoms with Gasteiger partial charge < -0.3 is 10.4 Å². The van der Waals surface area contributed by atoms with Gasteiger partial charge >= 0.3 is 5.97 Å². The first-order chi connectivity index (χ1) is 11.3. The molecule has 0 aromatic heterocycles. The lowest BCUT2D eigenvalue weighted by Gasteiger charge is -2.13. The number of benzene rings is 2. The Bertz CT molecular complexity index is 777. The molecule has 0 fully saturated rings. The molecular formula is C20H22FNO2. The van der Waals surface area contributed by atoms with E-state index in [0.717, 1.165) is 34.0 Å². The fourth-order valence-electron chi connectivity index (χ4n) is 2.58. The van der Waals surface area contributed by atoms with Crippen molar-refractivity contribution in [1.29, 1.82) is 0 Å². The maximum Gasteiger partial charge on any atom is 0.364 e. The first-order valence-electron chi connectivity index (χ1n) is 7.86. The molecule has 2 aromatic carbocycles. The topological polar surface area (TPSA) is 49.3 Å². The molecule has 0 radical (unpaired) electrons. The maximum absolute atomic E-state index is 13.3. The van der Waals surface area contributed by atoms with E-state index in [1.807, 2.05) is 50.2 Å². The fourth-order valence-corrected chi connectivity index (χ4v) is 2.58. The molecule has 0 atom stereocenters. The Morgan fingerprint density at radius 2 is 1.75 bits per heavy atom. The van der Waals surface area contributed by atoms with Crippen LogP contribution in [0.2, 0.25) is 0 Å². The van der Waals surface area contributed by atoms with Gasteiger partial charge in [-0.1, -0.05) is 24.3 Å². The molecule has 0 heterocycles. The Kier molecular flexibility index (Phi) is 5.39. The molecule has 2 N–H and O–H groups in total. The van der Waals surface area contributed by atoms with Crippen molar-refractivity contribution in [1.82, 2.24) is 0 Å². The SMILES string of the molecule is Cc1cc(-c2ccc(NC(C)C)cc2)c(C)cc1C=C(F)C(=O)O. The molecule has 0 saturated carbocycles. The summed E-state index contributed by atoms with van der Waals surface area (Å²) in [6.45, 7) is 7.96. The zero-order valence-electron chi connectivity index (χ0n) is 14.4. The number of rotatable bonds is 5. The molecule has 126 valence electrons. The molecule has 3 nitrogen and oxygen atoms in total. The van der Waals surface area contributed by atoms with Crippen LogP contribution in [0.15, 0.2) is 42.2 Å². The number of halogens is 1. The van der Waals surface area contributed by atoms with Crippen LogP contribution >= 0.6 is 0 Å². The van der Waals surface area contributed by atoms with E-state index in [0.29, 0.717) is 11.6 Å². The lowest BCUT2D eigenvalue weighted by molar-refractivity contribution is -0.134. The average Bonchev–Trinajstić information content (AvgIpc) is 2.50.